The number of anilines is 2. The van der Waals surface area contributed by atoms with Gasteiger partial charge in [-0.15, -0.1) is 0 Å². The van der Waals surface area contributed by atoms with Crippen molar-refractivity contribution in [1.82, 2.24) is 5.32 Å². The molecule has 2 N–H and O–H groups in total. The largest absolute Gasteiger partial charge is 0.349 e. The molecule has 2 aromatic rings. The molecule has 0 unspecified atom stereocenters. The van der Waals surface area contributed by atoms with Crippen molar-refractivity contribution in [2.75, 3.05) is 16.8 Å². The van der Waals surface area contributed by atoms with Gasteiger partial charge in [0, 0.05) is 31.3 Å². The summed E-state index contributed by atoms with van der Waals surface area (Å²) in [6.07, 6.45) is 1.59. The highest BCUT2D eigenvalue weighted by Crippen LogP contribution is 2.28. The fraction of sp³-hybridized carbons (Fsp3) is 0.348. The SMILES string of the molecule is CC(=O)N[C@H](CC(=O)Nc1ccc(N2CCCC2=O)c(C)c1)c1ccc(C)cc1. The summed E-state index contributed by atoms with van der Waals surface area (Å²) in [6.45, 7) is 6.11. The van der Waals surface area contributed by atoms with Crippen molar-refractivity contribution in [3.8, 4) is 0 Å². The van der Waals surface area contributed by atoms with Crippen LogP contribution in [0.5, 0.6) is 0 Å². The number of hydrogen-bond acceptors (Lipinski definition) is 3. The molecule has 6 heteroatoms. The van der Waals surface area contributed by atoms with Crippen LogP contribution in [0.2, 0.25) is 0 Å². The first kappa shape index (κ1) is 20.6. The minimum atomic E-state index is -0.393. The molecule has 1 atom stereocenters. The quantitative estimate of drug-likeness (QED) is 0.787. The lowest BCUT2D eigenvalue weighted by Gasteiger charge is -2.20. The van der Waals surface area contributed by atoms with Gasteiger partial charge >= 0.3 is 0 Å². The Labute approximate surface area is 171 Å². The maximum absolute atomic E-state index is 12.6. The highest BCUT2D eigenvalue weighted by molar-refractivity contribution is 5.97. The molecule has 0 aliphatic carbocycles. The van der Waals surface area contributed by atoms with Crippen LogP contribution >= 0.6 is 0 Å². The van der Waals surface area contributed by atoms with Gasteiger partial charge in [-0.25, -0.2) is 0 Å². The number of nitrogens with one attached hydrogen (secondary N) is 2. The van der Waals surface area contributed by atoms with E-state index in [0.717, 1.165) is 35.3 Å². The third-order valence-corrected chi connectivity index (χ3v) is 5.09. The smallest absolute Gasteiger partial charge is 0.227 e. The van der Waals surface area contributed by atoms with Gasteiger partial charge in [-0.05, 0) is 49.6 Å². The zero-order chi connectivity index (χ0) is 21.0. The van der Waals surface area contributed by atoms with E-state index < -0.39 is 6.04 Å². The Kier molecular flexibility index (Phi) is 6.32. The summed E-state index contributed by atoms with van der Waals surface area (Å²) in [5.41, 5.74) is 4.51. The molecule has 6 nitrogen and oxygen atoms in total. The topological polar surface area (TPSA) is 78.5 Å². The van der Waals surface area contributed by atoms with Gasteiger partial charge < -0.3 is 15.5 Å². The normalized spacial score (nSPS) is 14.6. The Morgan fingerprint density at radius 2 is 1.83 bits per heavy atom. The van der Waals surface area contributed by atoms with Crippen LogP contribution < -0.4 is 15.5 Å². The van der Waals surface area contributed by atoms with Crippen molar-refractivity contribution in [2.24, 2.45) is 0 Å². The van der Waals surface area contributed by atoms with Gasteiger partial charge in [0.05, 0.1) is 12.5 Å². The molecular formula is C23H27N3O3. The second-order valence-corrected chi connectivity index (χ2v) is 7.57. The van der Waals surface area contributed by atoms with Gasteiger partial charge in [-0.3, -0.25) is 14.4 Å². The number of aryl methyl sites for hydroxylation is 2. The molecule has 152 valence electrons. The van der Waals surface area contributed by atoms with E-state index in [4.69, 9.17) is 0 Å². The Bertz CT molecular complexity index is 921. The summed E-state index contributed by atoms with van der Waals surface area (Å²) in [6, 6.07) is 12.9. The predicted octanol–water partition coefficient (Wildman–Crippen LogP) is 3.64. The molecule has 0 bridgehead atoms. The molecule has 1 fully saturated rings. The van der Waals surface area contributed by atoms with Crippen LogP contribution in [0.25, 0.3) is 0 Å². The van der Waals surface area contributed by atoms with Crippen molar-refractivity contribution in [1.29, 1.82) is 0 Å². The van der Waals surface area contributed by atoms with Crippen LogP contribution in [0.15, 0.2) is 42.5 Å². The lowest BCUT2D eigenvalue weighted by atomic mass is 10.0. The average molecular weight is 393 g/mol. The zero-order valence-electron chi connectivity index (χ0n) is 17.1. The fourth-order valence-corrected chi connectivity index (χ4v) is 3.63. The first-order valence-corrected chi connectivity index (χ1v) is 9.88. The van der Waals surface area contributed by atoms with E-state index in [1.54, 1.807) is 4.90 Å². The van der Waals surface area contributed by atoms with Crippen LogP contribution in [0.4, 0.5) is 11.4 Å². The highest BCUT2D eigenvalue weighted by Gasteiger charge is 2.23. The summed E-state index contributed by atoms with van der Waals surface area (Å²) in [7, 11) is 0. The van der Waals surface area contributed by atoms with E-state index in [2.05, 4.69) is 10.6 Å². The summed E-state index contributed by atoms with van der Waals surface area (Å²) < 4.78 is 0. The number of carbonyl (C=O) groups is 3. The van der Waals surface area contributed by atoms with Crippen molar-refractivity contribution < 1.29 is 14.4 Å². The minimum absolute atomic E-state index is 0.133. The lowest BCUT2D eigenvalue weighted by molar-refractivity contribution is -0.120. The second kappa shape index (κ2) is 8.90. The van der Waals surface area contributed by atoms with Crippen LogP contribution in [0.3, 0.4) is 0 Å². The number of carbonyl (C=O) groups excluding carboxylic acids is 3. The Balaban J connectivity index is 1.69. The van der Waals surface area contributed by atoms with E-state index in [1.807, 2.05) is 56.3 Å². The number of hydrogen-bond donors (Lipinski definition) is 2. The van der Waals surface area contributed by atoms with Crippen LogP contribution in [-0.2, 0) is 14.4 Å². The summed E-state index contributed by atoms with van der Waals surface area (Å²) in [5, 5.41) is 5.75. The van der Waals surface area contributed by atoms with E-state index in [-0.39, 0.29) is 24.1 Å². The molecule has 1 saturated heterocycles. The molecular weight excluding hydrogens is 366 g/mol. The Hall–Kier alpha value is -3.15. The molecule has 0 radical (unpaired) electrons. The van der Waals surface area contributed by atoms with Crippen molar-refractivity contribution in [2.45, 2.75) is 46.1 Å². The first-order valence-electron chi connectivity index (χ1n) is 9.88. The standard InChI is InChI=1S/C23H27N3O3/c1-15-6-8-18(9-7-15)20(24-17(3)27)14-22(28)25-19-10-11-21(16(2)13-19)26-12-4-5-23(26)29/h6-11,13,20H,4-5,12,14H2,1-3H3,(H,24,27)(H,25,28)/t20-/m1/s1. The summed E-state index contributed by atoms with van der Waals surface area (Å²) >= 11 is 0. The Morgan fingerprint density at radius 1 is 1.10 bits per heavy atom. The minimum Gasteiger partial charge on any atom is -0.349 e. The third kappa shape index (κ3) is 5.22. The van der Waals surface area contributed by atoms with Crippen molar-refractivity contribution >= 4 is 29.1 Å². The van der Waals surface area contributed by atoms with Gasteiger partial charge in [-0.2, -0.15) is 0 Å². The maximum atomic E-state index is 12.6. The zero-order valence-corrected chi connectivity index (χ0v) is 17.1. The summed E-state index contributed by atoms with van der Waals surface area (Å²) in [5.74, 6) is -0.228. The van der Waals surface area contributed by atoms with E-state index in [0.29, 0.717) is 12.1 Å². The number of benzene rings is 2. The van der Waals surface area contributed by atoms with Crippen LogP contribution in [0, 0.1) is 13.8 Å². The third-order valence-electron chi connectivity index (χ3n) is 5.09. The number of amides is 3. The molecule has 0 aromatic heterocycles. The molecule has 1 aliphatic heterocycles. The molecule has 0 spiro atoms. The fourth-order valence-electron chi connectivity index (χ4n) is 3.63. The molecule has 29 heavy (non-hydrogen) atoms. The van der Waals surface area contributed by atoms with Gasteiger partial charge in [0.1, 0.15) is 0 Å². The monoisotopic (exact) mass is 393 g/mol. The molecule has 3 rings (SSSR count). The summed E-state index contributed by atoms with van der Waals surface area (Å²) in [4.78, 5) is 38.0. The second-order valence-electron chi connectivity index (χ2n) is 7.57. The molecule has 1 heterocycles. The van der Waals surface area contributed by atoms with Gasteiger partial charge in [0.2, 0.25) is 17.7 Å². The first-order chi connectivity index (χ1) is 13.8. The molecule has 2 aromatic carbocycles. The van der Waals surface area contributed by atoms with Crippen LogP contribution in [0.1, 0.15) is 48.9 Å². The number of nitrogens with zero attached hydrogens (tertiary/aromatic N) is 1. The van der Waals surface area contributed by atoms with Gasteiger partial charge in [0.15, 0.2) is 0 Å². The number of rotatable bonds is 6. The van der Waals surface area contributed by atoms with Crippen LogP contribution in [-0.4, -0.2) is 24.3 Å². The van der Waals surface area contributed by atoms with Crippen molar-refractivity contribution in [3.05, 3.63) is 59.2 Å². The average Bonchev–Trinajstić information content (AvgIpc) is 3.07. The van der Waals surface area contributed by atoms with E-state index in [1.165, 1.54) is 6.92 Å². The van der Waals surface area contributed by atoms with E-state index >= 15 is 0 Å². The van der Waals surface area contributed by atoms with E-state index in [9.17, 15) is 14.4 Å². The van der Waals surface area contributed by atoms with Gasteiger partial charge in [-0.1, -0.05) is 29.8 Å². The van der Waals surface area contributed by atoms with Crippen molar-refractivity contribution in [3.63, 3.8) is 0 Å². The molecule has 3 amide bonds. The predicted molar refractivity (Wildman–Crippen MR) is 114 cm³/mol. The molecule has 0 saturated carbocycles. The molecule has 1 aliphatic rings. The Morgan fingerprint density at radius 3 is 2.41 bits per heavy atom. The van der Waals surface area contributed by atoms with Gasteiger partial charge in [0.25, 0.3) is 0 Å². The maximum Gasteiger partial charge on any atom is 0.227 e. The lowest BCUT2D eigenvalue weighted by Crippen LogP contribution is -2.29. The highest BCUT2D eigenvalue weighted by atomic mass is 16.2.